The van der Waals surface area contributed by atoms with E-state index in [-0.39, 0.29) is 23.7 Å². The fourth-order valence-electron chi connectivity index (χ4n) is 2.12. The van der Waals surface area contributed by atoms with Gasteiger partial charge in [0, 0.05) is 19.2 Å². The number of hydrogen-bond donors (Lipinski definition) is 2. The lowest BCUT2D eigenvalue weighted by Crippen LogP contribution is -2.29. The van der Waals surface area contributed by atoms with Crippen molar-refractivity contribution in [3.05, 3.63) is 68.3 Å². The SMILES string of the molecule is Cc1ccc(S(=O)(=O)NCCNc2ccc([N+](=O)[O-])cc2[N+](=O)[O-])cc1. The Kier molecular flexibility index (Phi) is 5.85. The standard InChI is InChI=1S/C15H16N4O6S/c1-11-2-5-13(6-3-11)26(24,25)17-9-8-16-14-7-4-12(18(20)21)10-15(14)19(22)23/h2-7,10,16-17H,8-9H2,1H3. The minimum atomic E-state index is -3.69. The van der Waals surface area contributed by atoms with E-state index < -0.39 is 31.2 Å². The molecule has 0 saturated heterocycles. The van der Waals surface area contributed by atoms with Gasteiger partial charge in [-0.15, -0.1) is 0 Å². The van der Waals surface area contributed by atoms with Gasteiger partial charge in [-0.3, -0.25) is 20.2 Å². The molecule has 0 aromatic heterocycles. The fourth-order valence-corrected chi connectivity index (χ4v) is 3.15. The highest BCUT2D eigenvalue weighted by Crippen LogP contribution is 2.28. The largest absolute Gasteiger partial charge is 0.378 e. The van der Waals surface area contributed by atoms with Gasteiger partial charge < -0.3 is 5.32 Å². The van der Waals surface area contributed by atoms with Crippen molar-refractivity contribution in [1.29, 1.82) is 0 Å². The predicted octanol–water partition coefficient (Wildman–Crippen LogP) is 2.20. The summed E-state index contributed by atoms with van der Waals surface area (Å²) in [6, 6.07) is 9.49. The summed E-state index contributed by atoms with van der Waals surface area (Å²) < 4.78 is 26.6. The predicted molar refractivity (Wildman–Crippen MR) is 94.6 cm³/mol. The molecule has 0 bridgehead atoms. The minimum absolute atomic E-state index is 0.0235. The van der Waals surface area contributed by atoms with Crippen LogP contribution in [0.1, 0.15) is 5.56 Å². The topological polar surface area (TPSA) is 144 Å². The Hall–Kier alpha value is -3.05. The molecule has 10 nitrogen and oxygen atoms in total. The van der Waals surface area contributed by atoms with E-state index in [1.165, 1.54) is 18.2 Å². The van der Waals surface area contributed by atoms with E-state index in [1.54, 1.807) is 12.1 Å². The lowest BCUT2D eigenvalue weighted by molar-refractivity contribution is -0.393. The summed E-state index contributed by atoms with van der Waals surface area (Å²) in [4.78, 5) is 20.4. The Morgan fingerprint density at radius 2 is 1.62 bits per heavy atom. The minimum Gasteiger partial charge on any atom is -0.378 e. The van der Waals surface area contributed by atoms with Gasteiger partial charge in [-0.05, 0) is 25.1 Å². The fraction of sp³-hybridized carbons (Fsp3) is 0.200. The van der Waals surface area contributed by atoms with Crippen LogP contribution < -0.4 is 10.0 Å². The third kappa shape index (κ3) is 4.74. The zero-order valence-electron chi connectivity index (χ0n) is 13.7. The van der Waals surface area contributed by atoms with Crippen LogP contribution in [-0.4, -0.2) is 31.4 Å². The molecule has 0 atom stereocenters. The smallest absolute Gasteiger partial charge is 0.299 e. The summed E-state index contributed by atoms with van der Waals surface area (Å²) in [5.41, 5.74) is 0.133. The number of rotatable bonds is 8. The first-order chi connectivity index (χ1) is 12.2. The number of hydrogen-bond acceptors (Lipinski definition) is 7. The van der Waals surface area contributed by atoms with Crippen LogP contribution in [0.2, 0.25) is 0 Å². The third-order valence-electron chi connectivity index (χ3n) is 3.45. The van der Waals surface area contributed by atoms with Crippen molar-refractivity contribution in [2.75, 3.05) is 18.4 Å². The molecule has 0 aliphatic carbocycles. The third-order valence-corrected chi connectivity index (χ3v) is 4.93. The van der Waals surface area contributed by atoms with Crippen molar-refractivity contribution in [2.45, 2.75) is 11.8 Å². The van der Waals surface area contributed by atoms with Gasteiger partial charge in [0.25, 0.3) is 11.4 Å². The number of nitro groups is 2. The molecule has 2 rings (SSSR count). The maximum atomic E-state index is 12.1. The summed E-state index contributed by atoms with van der Waals surface area (Å²) in [7, 11) is -3.69. The highest BCUT2D eigenvalue weighted by molar-refractivity contribution is 7.89. The molecule has 0 aliphatic heterocycles. The van der Waals surface area contributed by atoms with E-state index in [0.717, 1.165) is 17.7 Å². The molecule has 2 N–H and O–H groups in total. The summed E-state index contributed by atoms with van der Waals surface area (Å²) >= 11 is 0. The molecular weight excluding hydrogens is 364 g/mol. The van der Waals surface area contributed by atoms with Crippen molar-refractivity contribution in [1.82, 2.24) is 4.72 Å². The first-order valence-corrected chi connectivity index (χ1v) is 8.92. The number of nitrogens with one attached hydrogen (secondary N) is 2. The van der Waals surface area contributed by atoms with Crippen LogP contribution in [0, 0.1) is 27.2 Å². The second-order valence-electron chi connectivity index (χ2n) is 5.35. The first kappa shape index (κ1) is 19.3. The number of anilines is 1. The Balaban J connectivity index is 2.00. The zero-order chi connectivity index (χ0) is 19.3. The van der Waals surface area contributed by atoms with Gasteiger partial charge in [0.05, 0.1) is 20.8 Å². The van der Waals surface area contributed by atoms with Gasteiger partial charge in [0.15, 0.2) is 0 Å². The summed E-state index contributed by atoms with van der Waals surface area (Å²) in [5.74, 6) is 0. The van der Waals surface area contributed by atoms with Crippen LogP contribution in [0.4, 0.5) is 17.1 Å². The molecule has 26 heavy (non-hydrogen) atoms. The quantitative estimate of drug-likeness (QED) is 0.406. The second kappa shape index (κ2) is 7.89. The molecule has 0 unspecified atom stereocenters. The average molecular weight is 380 g/mol. The lowest BCUT2D eigenvalue weighted by atomic mass is 10.2. The highest BCUT2D eigenvalue weighted by Gasteiger charge is 2.19. The van der Waals surface area contributed by atoms with Crippen molar-refractivity contribution < 1.29 is 18.3 Å². The molecule has 0 aliphatic rings. The molecule has 0 amide bonds. The van der Waals surface area contributed by atoms with Crippen LogP contribution in [0.3, 0.4) is 0 Å². The Morgan fingerprint density at radius 3 is 2.19 bits per heavy atom. The van der Waals surface area contributed by atoms with Crippen LogP contribution in [0.5, 0.6) is 0 Å². The maximum Gasteiger partial charge on any atom is 0.299 e. The number of benzene rings is 2. The Morgan fingerprint density at radius 1 is 0.962 bits per heavy atom. The molecule has 2 aromatic rings. The van der Waals surface area contributed by atoms with E-state index in [0.29, 0.717) is 0 Å². The first-order valence-electron chi connectivity index (χ1n) is 7.44. The van der Waals surface area contributed by atoms with Crippen LogP contribution in [0.15, 0.2) is 47.4 Å². The van der Waals surface area contributed by atoms with Crippen LogP contribution >= 0.6 is 0 Å². The normalized spacial score (nSPS) is 11.1. The van der Waals surface area contributed by atoms with Crippen LogP contribution in [0.25, 0.3) is 0 Å². The van der Waals surface area contributed by atoms with E-state index >= 15 is 0 Å². The highest BCUT2D eigenvalue weighted by atomic mass is 32.2. The summed E-state index contributed by atoms with van der Waals surface area (Å²) in [6.07, 6.45) is 0. The van der Waals surface area contributed by atoms with Crippen molar-refractivity contribution in [2.24, 2.45) is 0 Å². The van der Waals surface area contributed by atoms with Gasteiger partial charge in [-0.2, -0.15) is 0 Å². The summed E-state index contributed by atoms with van der Waals surface area (Å²) in [5, 5.41) is 24.4. The van der Waals surface area contributed by atoms with E-state index in [9.17, 15) is 28.6 Å². The molecule has 0 spiro atoms. The van der Waals surface area contributed by atoms with Gasteiger partial charge in [0.1, 0.15) is 5.69 Å². The van der Waals surface area contributed by atoms with E-state index in [4.69, 9.17) is 0 Å². The van der Waals surface area contributed by atoms with E-state index in [2.05, 4.69) is 10.0 Å². The number of sulfonamides is 1. The molecule has 0 radical (unpaired) electrons. The van der Waals surface area contributed by atoms with Gasteiger partial charge in [0.2, 0.25) is 10.0 Å². The summed E-state index contributed by atoms with van der Waals surface area (Å²) in [6.45, 7) is 1.87. The van der Waals surface area contributed by atoms with Crippen molar-refractivity contribution >= 4 is 27.1 Å². The number of nitro benzene ring substituents is 2. The monoisotopic (exact) mass is 380 g/mol. The molecule has 0 fully saturated rings. The van der Waals surface area contributed by atoms with Crippen LogP contribution in [-0.2, 0) is 10.0 Å². The molecular formula is C15H16N4O6S. The van der Waals surface area contributed by atoms with Gasteiger partial charge in [-0.1, -0.05) is 17.7 Å². The average Bonchev–Trinajstić information content (AvgIpc) is 2.59. The molecule has 11 heteroatoms. The number of aryl methyl sites for hydroxylation is 1. The molecule has 2 aromatic carbocycles. The maximum absolute atomic E-state index is 12.1. The molecule has 0 saturated carbocycles. The van der Waals surface area contributed by atoms with Crippen molar-refractivity contribution in [3.8, 4) is 0 Å². The second-order valence-corrected chi connectivity index (χ2v) is 7.12. The Labute approximate surface area is 149 Å². The van der Waals surface area contributed by atoms with Gasteiger partial charge in [-0.25, -0.2) is 13.1 Å². The number of non-ortho nitro benzene ring substituents is 1. The molecule has 0 heterocycles. The lowest BCUT2D eigenvalue weighted by Gasteiger charge is -2.09. The Bertz CT molecular complexity index is 928. The van der Waals surface area contributed by atoms with Crippen molar-refractivity contribution in [3.63, 3.8) is 0 Å². The van der Waals surface area contributed by atoms with Gasteiger partial charge >= 0.3 is 0 Å². The van der Waals surface area contributed by atoms with E-state index in [1.807, 2.05) is 6.92 Å². The number of nitrogens with zero attached hydrogens (tertiary/aromatic N) is 2. The zero-order valence-corrected chi connectivity index (χ0v) is 14.5. The molecule has 138 valence electrons.